The van der Waals surface area contributed by atoms with E-state index >= 15 is 0 Å². The normalized spacial score (nSPS) is 14.4. The Labute approximate surface area is 176 Å². The summed E-state index contributed by atoms with van der Waals surface area (Å²) in [4.78, 5) is 32.1. The van der Waals surface area contributed by atoms with Gasteiger partial charge in [0.15, 0.2) is 0 Å². The lowest BCUT2D eigenvalue weighted by Gasteiger charge is -2.34. The van der Waals surface area contributed by atoms with E-state index in [1.54, 1.807) is 31.3 Å². The molecular weight excluding hydrogens is 385 g/mol. The summed E-state index contributed by atoms with van der Waals surface area (Å²) in [6, 6.07) is 7.60. The summed E-state index contributed by atoms with van der Waals surface area (Å²) in [5, 5.41) is 5.46. The van der Waals surface area contributed by atoms with E-state index in [2.05, 4.69) is 20.5 Å². The van der Waals surface area contributed by atoms with E-state index < -0.39 is 11.8 Å². The molecule has 1 saturated heterocycles. The maximum absolute atomic E-state index is 13.8. The van der Waals surface area contributed by atoms with Crippen molar-refractivity contribution in [1.82, 2.24) is 14.8 Å². The molecule has 0 aliphatic carbocycles. The van der Waals surface area contributed by atoms with Gasteiger partial charge >= 0.3 is 6.03 Å². The number of amides is 3. The molecule has 0 atom stereocenters. The number of urea groups is 1. The van der Waals surface area contributed by atoms with Crippen molar-refractivity contribution in [1.29, 1.82) is 0 Å². The van der Waals surface area contributed by atoms with Crippen molar-refractivity contribution in [2.75, 3.05) is 43.4 Å². The number of anilines is 2. The first-order valence-electron chi connectivity index (χ1n) is 10.2. The van der Waals surface area contributed by atoms with Crippen LogP contribution in [0.1, 0.15) is 24.6 Å². The lowest BCUT2D eigenvalue weighted by atomic mass is 10.1. The highest BCUT2D eigenvalue weighted by Gasteiger charge is 2.18. The molecule has 30 heavy (non-hydrogen) atoms. The molecule has 1 aliphatic rings. The Balaban J connectivity index is 1.52. The number of hydrogen-bond acceptors (Lipinski definition) is 4. The zero-order valence-corrected chi connectivity index (χ0v) is 17.4. The van der Waals surface area contributed by atoms with Gasteiger partial charge in [-0.25, -0.2) is 9.18 Å². The third-order valence-electron chi connectivity index (χ3n) is 5.23. The van der Waals surface area contributed by atoms with Gasteiger partial charge in [0.1, 0.15) is 5.82 Å². The molecule has 2 N–H and O–H groups in total. The van der Waals surface area contributed by atoms with E-state index in [1.165, 1.54) is 12.1 Å². The van der Waals surface area contributed by atoms with Gasteiger partial charge in [-0.1, -0.05) is 6.07 Å². The van der Waals surface area contributed by atoms with Crippen molar-refractivity contribution in [2.24, 2.45) is 0 Å². The highest BCUT2D eigenvalue weighted by atomic mass is 19.1. The molecule has 0 spiro atoms. The summed E-state index contributed by atoms with van der Waals surface area (Å²) in [6.45, 7) is 7.60. The molecule has 3 rings (SSSR count). The van der Waals surface area contributed by atoms with E-state index in [1.807, 2.05) is 11.8 Å². The Bertz CT molecular complexity index is 880. The van der Waals surface area contributed by atoms with Crippen molar-refractivity contribution in [2.45, 2.75) is 26.7 Å². The van der Waals surface area contributed by atoms with Crippen LogP contribution in [-0.2, 0) is 11.2 Å². The zero-order chi connectivity index (χ0) is 21.5. The van der Waals surface area contributed by atoms with Gasteiger partial charge in [0, 0.05) is 44.5 Å². The Kier molecular flexibility index (Phi) is 7.35. The molecule has 7 nitrogen and oxygen atoms in total. The van der Waals surface area contributed by atoms with Gasteiger partial charge < -0.3 is 15.5 Å². The van der Waals surface area contributed by atoms with Gasteiger partial charge in [-0.05, 0) is 56.1 Å². The molecule has 1 aliphatic heterocycles. The second kappa shape index (κ2) is 10.2. The van der Waals surface area contributed by atoms with Crippen molar-refractivity contribution in [3.05, 3.63) is 53.6 Å². The molecule has 2 aromatic rings. The first kappa shape index (κ1) is 21.7. The lowest BCUT2D eigenvalue weighted by molar-refractivity contribution is -0.130. The predicted octanol–water partition coefficient (Wildman–Crippen LogP) is 3.27. The quantitative estimate of drug-likeness (QED) is 0.762. The number of carbonyl (C=O) groups excluding carboxylic acids is 2. The third-order valence-corrected chi connectivity index (χ3v) is 5.23. The van der Waals surface area contributed by atoms with Crippen LogP contribution in [-0.4, -0.2) is 59.4 Å². The molecule has 1 aromatic carbocycles. The summed E-state index contributed by atoms with van der Waals surface area (Å²) < 4.78 is 13.8. The van der Waals surface area contributed by atoms with Gasteiger partial charge in [0.05, 0.1) is 11.9 Å². The van der Waals surface area contributed by atoms with Gasteiger partial charge in [-0.3, -0.25) is 14.7 Å². The Morgan fingerprint density at radius 3 is 2.53 bits per heavy atom. The van der Waals surface area contributed by atoms with Crippen LogP contribution in [0.25, 0.3) is 0 Å². The van der Waals surface area contributed by atoms with Crippen molar-refractivity contribution in [3.8, 4) is 0 Å². The van der Waals surface area contributed by atoms with Crippen LogP contribution in [0.2, 0.25) is 0 Å². The summed E-state index contributed by atoms with van der Waals surface area (Å²) >= 11 is 0. The number of halogens is 1. The van der Waals surface area contributed by atoms with Crippen molar-refractivity contribution < 1.29 is 14.0 Å². The molecule has 1 fully saturated rings. The number of aromatic nitrogens is 1. The highest BCUT2D eigenvalue weighted by Crippen LogP contribution is 2.20. The summed E-state index contributed by atoms with van der Waals surface area (Å²) in [7, 11) is 0. The molecule has 0 saturated carbocycles. The number of hydrogen-bond donors (Lipinski definition) is 2. The molecule has 0 bridgehead atoms. The minimum atomic E-state index is -0.437. The number of pyridine rings is 1. The number of nitrogens with zero attached hydrogens (tertiary/aromatic N) is 3. The number of carbonyl (C=O) groups is 2. The van der Waals surface area contributed by atoms with Crippen molar-refractivity contribution >= 4 is 23.3 Å². The maximum atomic E-state index is 13.8. The van der Waals surface area contributed by atoms with Gasteiger partial charge in [-0.2, -0.15) is 0 Å². The fraction of sp³-hybridized carbons (Fsp3) is 0.409. The third kappa shape index (κ3) is 6.25. The number of rotatable bonds is 6. The van der Waals surface area contributed by atoms with Crippen LogP contribution in [0.15, 0.2) is 36.5 Å². The van der Waals surface area contributed by atoms with E-state index in [-0.39, 0.29) is 5.91 Å². The van der Waals surface area contributed by atoms with Crippen LogP contribution < -0.4 is 10.6 Å². The fourth-order valence-corrected chi connectivity index (χ4v) is 3.49. The summed E-state index contributed by atoms with van der Waals surface area (Å²) in [6.07, 6.45) is 3.17. The van der Waals surface area contributed by atoms with E-state index in [0.717, 1.165) is 56.8 Å². The number of aryl methyl sites for hydroxylation is 2. The first-order valence-corrected chi connectivity index (χ1v) is 10.2. The smallest absolute Gasteiger partial charge is 0.323 e. The SMILES string of the molecule is CC(=O)N1CCN(CCCc2ccc(F)cc2NC(=O)Nc2ccc(C)nc2)CC1. The molecule has 1 aromatic heterocycles. The Morgan fingerprint density at radius 1 is 1.10 bits per heavy atom. The maximum Gasteiger partial charge on any atom is 0.323 e. The minimum Gasteiger partial charge on any atom is -0.340 e. The number of piperazine rings is 1. The average Bonchev–Trinajstić information content (AvgIpc) is 2.71. The Hall–Kier alpha value is -3.00. The van der Waals surface area contributed by atoms with Crippen LogP contribution >= 0.6 is 0 Å². The second-order valence-electron chi connectivity index (χ2n) is 7.52. The molecule has 3 amide bonds. The predicted molar refractivity (Wildman–Crippen MR) is 115 cm³/mol. The van der Waals surface area contributed by atoms with E-state index in [4.69, 9.17) is 0 Å². The van der Waals surface area contributed by atoms with Crippen LogP contribution in [0.4, 0.5) is 20.6 Å². The van der Waals surface area contributed by atoms with Crippen LogP contribution in [0, 0.1) is 12.7 Å². The molecule has 2 heterocycles. The van der Waals surface area contributed by atoms with E-state index in [9.17, 15) is 14.0 Å². The van der Waals surface area contributed by atoms with Crippen LogP contribution in [0.3, 0.4) is 0 Å². The van der Waals surface area contributed by atoms with E-state index in [0.29, 0.717) is 11.4 Å². The molecule has 160 valence electrons. The highest BCUT2D eigenvalue weighted by molar-refractivity contribution is 6.00. The molecule has 8 heteroatoms. The summed E-state index contributed by atoms with van der Waals surface area (Å²) in [5.74, 6) is -0.275. The van der Waals surface area contributed by atoms with Crippen molar-refractivity contribution in [3.63, 3.8) is 0 Å². The topological polar surface area (TPSA) is 77.6 Å². The van der Waals surface area contributed by atoms with Gasteiger partial charge in [0.25, 0.3) is 0 Å². The van der Waals surface area contributed by atoms with Gasteiger partial charge in [0.2, 0.25) is 5.91 Å². The Morgan fingerprint density at radius 2 is 1.87 bits per heavy atom. The molecule has 0 radical (unpaired) electrons. The number of nitrogens with one attached hydrogen (secondary N) is 2. The molecular formula is C22H28FN5O2. The molecule has 0 unspecified atom stereocenters. The second-order valence-corrected chi connectivity index (χ2v) is 7.52. The van der Waals surface area contributed by atoms with Crippen LogP contribution in [0.5, 0.6) is 0 Å². The number of benzene rings is 1. The largest absolute Gasteiger partial charge is 0.340 e. The first-order chi connectivity index (χ1) is 14.4. The monoisotopic (exact) mass is 413 g/mol. The minimum absolute atomic E-state index is 0.122. The fourth-order valence-electron chi connectivity index (χ4n) is 3.49. The zero-order valence-electron chi connectivity index (χ0n) is 17.4. The average molecular weight is 413 g/mol. The lowest BCUT2D eigenvalue weighted by Crippen LogP contribution is -2.48. The standard InChI is InChI=1S/C22H28FN5O2/c1-16-5-8-20(15-24-16)25-22(30)26-21-14-19(23)7-6-18(21)4-3-9-27-10-12-28(13-11-27)17(2)29/h5-8,14-15H,3-4,9-13H2,1-2H3,(H2,25,26,30). The van der Waals surface area contributed by atoms with Gasteiger partial charge in [-0.15, -0.1) is 0 Å². The summed E-state index contributed by atoms with van der Waals surface area (Å²) in [5.41, 5.74) is 2.78.